The van der Waals surface area contributed by atoms with Crippen LogP contribution in [0.5, 0.6) is 0 Å². The maximum atomic E-state index is 13.3. The molecular weight excluding hydrogens is 502 g/mol. The number of amides is 2. The third-order valence-corrected chi connectivity index (χ3v) is 6.69. The predicted octanol–water partition coefficient (Wildman–Crippen LogP) is 4.19. The predicted molar refractivity (Wildman–Crippen MR) is 151 cm³/mol. The van der Waals surface area contributed by atoms with Crippen LogP contribution in [-0.2, 0) is 11.8 Å². The van der Waals surface area contributed by atoms with E-state index in [1.165, 1.54) is 0 Å². The molecule has 0 radical (unpaired) electrons. The summed E-state index contributed by atoms with van der Waals surface area (Å²) in [5.74, 6) is -0.337. The van der Waals surface area contributed by atoms with Crippen LogP contribution in [0.25, 0.3) is 22.3 Å². The molecular formula is C28H28ClN7O2. The van der Waals surface area contributed by atoms with Gasteiger partial charge in [-0.3, -0.25) is 19.6 Å². The van der Waals surface area contributed by atoms with Crippen molar-refractivity contribution in [3.05, 3.63) is 82.9 Å². The van der Waals surface area contributed by atoms with Gasteiger partial charge >= 0.3 is 0 Å². The Hall–Kier alpha value is -4.21. The fraction of sp³-hybridized carbons (Fsp3) is 0.214. The largest absolute Gasteiger partial charge is 0.353 e. The maximum absolute atomic E-state index is 13.3. The van der Waals surface area contributed by atoms with Gasteiger partial charge in [0.15, 0.2) is 0 Å². The zero-order valence-electron chi connectivity index (χ0n) is 21.6. The van der Waals surface area contributed by atoms with E-state index in [9.17, 15) is 9.59 Å². The minimum Gasteiger partial charge on any atom is -0.353 e. The SMILES string of the molecule is CN(C)CCN(C)C(=O)c1cc(N/C(=C2\C(=O)Nc3cc(Cl)ccc32)c2ccc3nccnc3c2)cn1C. The van der Waals surface area contributed by atoms with E-state index in [4.69, 9.17) is 11.6 Å². The maximum Gasteiger partial charge on any atom is 0.270 e. The highest BCUT2D eigenvalue weighted by atomic mass is 35.5. The Morgan fingerprint density at radius 1 is 1.03 bits per heavy atom. The number of halogens is 1. The zero-order chi connectivity index (χ0) is 27.0. The second-order valence-electron chi connectivity index (χ2n) is 9.53. The molecule has 0 spiro atoms. The van der Waals surface area contributed by atoms with Gasteiger partial charge in [0, 0.05) is 61.9 Å². The van der Waals surface area contributed by atoms with Crippen molar-refractivity contribution in [3.8, 4) is 0 Å². The lowest BCUT2D eigenvalue weighted by Gasteiger charge is -2.19. The number of carbonyl (C=O) groups is 2. The van der Waals surface area contributed by atoms with E-state index >= 15 is 0 Å². The van der Waals surface area contributed by atoms with Crippen molar-refractivity contribution in [2.45, 2.75) is 0 Å². The van der Waals surface area contributed by atoms with Crippen molar-refractivity contribution in [3.63, 3.8) is 0 Å². The highest BCUT2D eigenvalue weighted by molar-refractivity contribution is 6.38. The summed E-state index contributed by atoms with van der Waals surface area (Å²) in [6.45, 7) is 1.37. The molecule has 2 aromatic carbocycles. The van der Waals surface area contributed by atoms with Gasteiger partial charge in [-0.25, -0.2) is 0 Å². The summed E-state index contributed by atoms with van der Waals surface area (Å²) >= 11 is 6.19. The average molecular weight is 530 g/mol. The third kappa shape index (κ3) is 4.98. The van der Waals surface area contributed by atoms with E-state index in [0.29, 0.717) is 45.4 Å². The number of anilines is 2. The van der Waals surface area contributed by atoms with E-state index in [-0.39, 0.29) is 11.8 Å². The molecule has 1 aliphatic heterocycles. The Morgan fingerprint density at radius 2 is 1.79 bits per heavy atom. The van der Waals surface area contributed by atoms with Crippen LogP contribution in [0.1, 0.15) is 21.6 Å². The van der Waals surface area contributed by atoms with Crippen LogP contribution in [0, 0.1) is 0 Å². The van der Waals surface area contributed by atoms with Gasteiger partial charge in [-0.15, -0.1) is 0 Å². The molecule has 2 amide bonds. The van der Waals surface area contributed by atoms with Gasteiger partial charge < -0.3 is 25.0 Å². The smallest absolute Gasteiger partial charge is 0.270 e. The summed E-state index contributed by atoms with van der Waals surface area (Å²) < 4.78 is 1.79. The second-order valence-corrected chi connectivity index (χ2v) is 9.97. The Labute approximate surface area is 225 Å². The van der Waals surface area contributed by atoms with Crippen LogP contribution in [0.15, 0.2) is 61.1 Å². The Kier molecular flexibility index (Phi) is 6.88. The number of aryl methyl sites for hydroxylation is 1. The summed E-state index contributed by atoms with van der Waals surface area (Å²) in [7, 11) is 7.57. The van der Waals surface area contributed by atoms with Crippen LogP contribution in [0.3, 0.4) is 0 Å². The standard InChI is InChI=1S/C28H28ClN7O2/c1-34(2)11-12-35(3)28(38)24-15-19(16-36(24)4)32-26(17-5-8-21-23(13-17)31-10-9-30-21)25-20-7-6-18(29)14-22(20)33-27(25)37/h5-10,13-16,32H,11-12H2,1-4H3,(H,33,37)/b26-25-. The molecule has 9 nitrogen and oxygen atoms in total. The summed E-state index contributed by atoms with van der Waals surface area (Å²) in [4.78, 5) is 38.9. The average Bonchev–Trinajstić information content (AvgIpc) is 3.42. The summed E-state index contributed by atoms with van der Waals surface area (Å²) in [6, 6.07) is 12.8. The van der Waals surface area contributed by atoms with Gasteiger partial charge in [-0.1, -0.05) is 23.7 Å². The van der Waals surface area contributed by atoms with Gasteiger partial charge in [0.05, 0.1) is 33.7 Å². The quantitative estimate of drug-likeness (QED) is 0.349. The van der Waals surface area contributed by atoms with Crippen molar-refractivity contribution >= 4 is 57.1 Å². The number of fused-ring (bicyclic) bond motifs is 2. The summed E-state index contributed by atoms with van der Waals surface area (Å²) in [5, 5.41) is 6.88. The molecule has 1 aliphatic rings. The first-order valence-electron chi connectivity index (χ1n) is 12.1. The Morgan fingerprint density at radius 3 is 2.55 bits per heavy atom. The topological polar surface area (TPSA) is 95.4 Å². The van der Waals surface area contributed by atoms with Gasteiger partial charge in [0.2, 0.25) is 0 Å². The van der Waals surface area contributed by atoms with E-state index in [1.54, 1.807) is 47.1 Å². The second kappa shape index (κ2) is 10.3. The van der Waals surface area contributed by atoms with Crippen LogP contribution in [0.2, 0.25) is 5.02 Å². The normalized spacial score (nSPS) is 14.0. The fourth-order valence-corrected chi connectivity index (χ4v) is 4.60. The zero-order valence-corrected chi connectivity index (χ0v) is 22.4. The van der Waals surface area contributed by atoms with Crippen LogP contribution in [0.4, 0.5) is 11.4 Å². The molecule has 0 saturated carbocycles. The molecule has 0 fully saturated rings. The van der Waals surface area contributed by atoms with E-state index < -0.39 is 0 Å². The fourth-order valence-electron chi connectivity index (χ4n) is 4.43. The molecule has 2 aromatic heterocycles. The highest BCUT2D eigenvalue weighted by Crippen LogP contribution is 2.39. The highest BCUT2D eigenvalue weighted by Gasteiger charge is 2.29. The molecule has 5 rings (SSSR count). The summed E-state index contributed by atoms with van der Waals surface area (Å²) in [6.07, 6.45) is 5.11. The molecule has 0 bridgehead atoms. The number of nitrogens with zero attached hydrogens (tertiary/aromatic N) is 5. The lowest BCUT2D eigenvalue weighted by Crippen LogP contribution is -2.34. The van der Waals surface area contributed by atoms with Crippen LogP contribution in [-0.4, -0.2) is 70.4 Å². The Bertz CT molecular complexity index is 1590. The van der Waals surface area contributed by atoms with E-state index in [0.717, 1.165) is 23.2 Å². The first-order valence-corrected chi connectivity index (χ1v) is 12.5. The van der Waals surface area contributed by atoms with Crippen molar-refractivity contribution in [2.75, 3.05) is 44.9 Å². The molecule has 0 atom stereocenters. The summed E-state index contributed by atoms with van der Waals surface area (Å²) in [5.41, 5.74) is 5.84. The van der Waals surface area contributed by atoms with Gasteiger partial charge in [-0.2, -0.15) is 0 Å². The molecule has 2 N–H and O–H groups in total. The molecule has 38 heavy (non-hydrogen) atoms. The number of carbonyl (C=O) groups excluding carboxylic acids is 2. The van der Waals surface area contributed by atoms with Crippen molar-refractivity contribution in [1.29, 1.82) is 0 Å². The lowest BCUT2D eigenvalue weighted by atomic mass is 9.99. The molecule has 0 saturated heterocycles. The number of nitrogens with one attached hydrogen (secondary N) is 2. The van der Waals surface area contributed by atoms with E-state index in [2.05, 4.69) is 20.6 Å². The van der Waals surface area contributed by atoms with Crippen molar-refractivity contribution < 1.29 is 9.59 Å². The van der Waals surface area contributed by atoms with Crippen LogP contribution < -0.4 is 10.6 Å². The molecule has 0 unspecified atom stereocenters. The molecule has 10 heteroatoms. The van der Waals surface area contributed by atoms with Crippen molar-refractivity contribution in [1.82, 2.24) is 24.3 Å². The number of rotatable bonds is 7. The number of hydrogen-bond acceptors (Lipinski definition) is 6. The van der Waals surface area contributed by atoms with Crippen molar-refractivity contribution in [2.24, 2.45) is 7.05 Å². The third-order valence-electron chi connectivity index (χ3n) is 6.46. The number of likely N-dealkylation sites (N-methyl/N-ethyl adjacent to an activating group) is 2. The molecule has 4 aromatic rings. The minimum atomic E-state index is -0.250. The minimum absolute atomic E-state index is 0.0869. The number of hydrogen-bond donors (Lipinski definition) is 2. The number of aromatic nitrogens is 3. The lowest BCUT2D eigenvalue weighted by molar-refractivity contribution is -0.110. The number of benzene rings is 2. The van der Waals surface area contributed by atoms with E-state index in [1.807, 2.05) is 56.5 Å². The molecule has 194 valence electrons. The molecule has 3 heterocycles. The van der Waals surface area contributed by atoms with Gasteiger partial charge in [0.25, 0.3) is 11.8 Å². The van der Waals surface area contributed by atoms with Gasteiger partial charge in [0.1, 0.15) is 5.69 Å². The van der Waals surface area contributed by atoms with Crippen LogP contribution >= 0.6 is 11.6 Å². The monoisotopic (exact) mass is 529 g/mol. The first kappa shape index (κ1) is 25.4. The first-order chi connectivity index (χ1) is 18.2. The van der Waals surface area contributed by atoms with Gasteiger partial charge in [-0.05, 0) is 44.4 Å². The molecule has 0 aliphatic carbocycles. The Balaban J connectivity index is 1.58.